The van der Waals surface area contributed by atoms with E-state index in [9.17, 15) is 4.79 Å². The third kappa shape index (κ3) is 3.26. The molecule has 5 rings (SSSR count). The summed E-state index contributed by atoms with van der Waals surface area (Å²) in [6, 6.07) is 12.2. The Morgan fingerprint density at radius 2 is 2.11 bits per heavy atom. The molecule has 2 N–H and O–H groups in total. The van der Waals surface area contributed by atoms with Crippen molar-refractivity contribution in [3.8, 4) is 11.3 Å². The van der Waals surface area contributed by atoms with Crippen LogP contribution in [0.5, 0.6) is 0 Å². The summed E-state index contributed by atoms with van der Waals surface area (Å²) in [6.45, 7) is 0. The van der Waals surface area contributed by atoms with Crippen molar-refractivity contribution in [2.24, 2.45) is 0 Å². The lowest BCUT2D eigenvalue weighted by molar-refractivity contribution is -0.121. The van der Waals surface area contributed by atoms with Gasteiger partial charge in [0, 0.05) is 36.0 Å². The summed E-state index contributed by atoms with van der Waals surface area (Å²) in [7, 11) is 0. The Morgan fingerprint density at radius 3 is 3.04 bits per heavy atom. The highest BCUT2D eigenvalue weighted by Crippen LogP contribution is 2.31. The highest BCUT2D eigenvalue weighted by atomic mass is 16.3. The zero-order valence-corrected chi connectivity index (χ0v) is 15.6. The molecule has 0 bridgehead atoms. The smallest absolute Gasteiger partial charge is 0.220 e. The fraction of sp³-hybridized carbons (Fsp3) is 0.318. The van der Waals surface area contributed by atoms with Gasteiger partial charge >= 0.3 is 0 Å². The fourth-order valence-electron chi connectivity index (χ4n) is 3.97. The standard InChI is InChI=1S/C22H22N4O2/c27-20-8-4-2-6-15(24-20)9-10-19-25-21-16(11-12-23-22(21)26-19)18-13-14-5-1-3-7-17(14)28-18/h1,3,5,7,11-13,15H,2,4,6,8-10H2,(H,24,27)(H,23,25,26). The summed E-state index contributed by atoms with van der Waals surface area (Å²) in [4.78, 5) is 24.3. The van der Waals surface area contributed by atoms with Crippen molar-refractivity contribution in [3.05, 3.63) is 48.4 Å². The first-order valence-corrected chi connectivity index (χ1v) is 9.88. The number of benzene rings is 1. The molecule has 6 nitrogen and oxygen atoms in total. The van der Waals surface area contributed by atoms with Crippen molar-refractivity contribution in [2.45, 2.75) is 44.6 Å². The molecular formula is C22H22N4O2. The van der Waals surface area contributed by atoms with Gasteiger partial charge < -0.3 is 14.7 Å². The van der Waals surface area contributed by atoms with E-state index >= 15 is 0 Å². The third-order valence-corrected chi connectivity index (χ3v) is 5.43. The predicted octanol–water partition coefficient (Wildman–Crippen LogP) is 4.36. The molecule has 0 radical (unpaired) electrons. The number of aromatic nitrogens is 3. The van der Waals surface area contributed by atoms with Gasteiger partial charge in [-0.1, -0.05) is 24.6 Å². The summed E-state index contributed by atoms with van der Waals surface area (Å²) < 4.78 is 6.03. The van der Waals surface area contributed by atoms with Gasteiger partial charge in [0.25, 0.3) is 0 Å². The summed E-state index contributed by atoms with van der Waals surface area (Å²) in [5.74, 6) is 1.87. The van der Waals surface area contributed by atoms with E-state index in [1.807, 2.05) is 36.4 Å². The molecule has 1 fully saturated rings. The van der Waals surface area contributed by atoms with Crippen LogP contribution in [0.4, 0.5) is 0 Å². The molecule has 3 aromatic heterocycles. The van der Waals surface area contributed by atoms with Crippen LogP contribution in [0.1, 0.15) is 37.9 Å². The maximum absolute atomic E-state index is 11.8. The summed E-state index contributed by atoms with van der Waals surface area (Å²) in [5, 5.41) is 4.20. The number of furan rings is 1. The minimum Gasteiger partial charge on any atom is -0.456 e. The van der Waals surface area contributed by atoms with Gasteiger partial charge in [0.15, 0.2) is 5.65 Å². The number of aromatic amines is 1. The number of hydrogen-bond acceptors (Lipinski definition) is 4. The Kier molecular flexibility index (Phi) is 4.31. The largest absolute Gasteiger partial charge is 0.456 e. The SMILES string of the molecule is O=C1CCCCC(CCc2nc3nccc(-c4cc5ccccc5o4)c3[nH]2)N1. The van der Waals surface area contributed by atoms with Crippen molar-refractivity contribution in [1.82, 2.24) is 20.3 Å². The van der Waals surface area contributed by atoms with Crippen molar-refractivity contribution in [3.63, 3.8) is 0 Å². The average molecular weight is 374 g/mol. The highest BCUT2D eigenvalue weighted by Gasteiger charge is 2.18. The van der Waals surface area contributed by atoms with E-state index < -0.39 is 0 Å². The molecule has 142 valence electrons. The number of para-hydroxylation sites is 1. The van der Waals surface area contributed by atoms with Crippen LogP contribution >= 0.6 is 0 Å². The monoisotopic (exact) mass is 374 g/mol. The lowest BCUT2D eigenvalue weighted by atomic mass is 10.1. The van der Waals surface area contributed by atoms with Crippen molar-refractivity contribution in [2.75, 3.05) is 0 Å². The number of hydrogen-bond donors (Lipinski definition) is 2. The molecule has 1 atom stereocenters. The molecule has 28 heavy (non-hydrogen) atoms. The lowest BCUT2D eigenvalue weighted by Gasteiger charge is -2.14. The molecule has 1 unspecified atom stereocenters. The van der Waals surface area contributed by atoms with Crippen molar-refractivity contribution >= 4 is 28.0 Å². The molecule has 1 aliphatic rings. The second kappa shape index (κ2) is 7.11. The van der Waals surface area contributed by atoms with Crippen molar-refractivity contribution < 1.29 is 9.21 Å². The molecule has 1 aromatic carbocycles. The van der Waals surface area contributed by atoms with E-state index in [0.29, 0.717) is 12.1 Å². The van der Waals surface area contributed by atoms with Gasteiger partial charge in [-0.05, 0) is 37.5 Å². The Labute approximate surface area is 162 Å². The van der Waals surface area contributed by atoms with Gasteiger partial charge in [-0.3, -0.25) is 4.79 Å². The van der Waals surface area contributed by atoms with Gasteiger partial charge in [-0.25, -0.2) is 9.97 Å². The van der Waals surface area contributed by atoms with Crippen LogP contribution in [0.3, 0.4) is 0 Å². The lowest BCUT2D eigenvalue weighted by Crippen LogP contribution is -2.33. The molecule has 4 aromatic rings. The number of rotatable bonds is 4. The van der Waals surface area contributed by atoms with E-state index in [0.717, 1.165) is 65.7 Å². The van der Waals surface area contributed by atoms with E-state index in [4.69, 9.17) is 4.42 Å². The molecule has 1 amide bonds. The first kappa shape index (κ1) is 17.0. The maximum atomic E-state index is 11.8. The fourth-order valence-corrected chi connectivity index (χ4v) is 3.97. The summed E-state index contributed by atoms with van der Waals surface area (Å²) in [5.41, 5.74) is 3.41. The van der Waals surface area contributed by atoms with Gasteiger partial charge in [0.1, 0.15) is 17.2 Å². The molecule has 0 spiro atoms. The van der Waals surface area contributed by atoms with E-state index in [2.05, 4.69) is 20.3 Å². The number of amides is 1. The number of nitrogens with zero attached hydrogens (tertiary/aromatic N) is 2. The Bertz CT molecular complexity index is 1110. The number of imidazole rings is 1. The van der Waals surface area contributed by atoms with Gasteiger partial charge in [0.05, 0.1) is 5.52 Å². The quantitative estimate of drug-likeness (QED) is 0.556. The number of pyridine rings is 1. The number of fused-ring (bicyclic) bond motifs is 2. The third-order valence-electron chi connectivity index (χ3n) is 5.43. The molecule has 0 aliphatic carbocycles. The van der Waals surface area contributed by atoms with Crippen LogP contribution in [0, 0.1) is 0 Å². The molecule has 4 heterocycles. The van der Waals surface area contributed by atoms with Crippen molar-refractivity contribution in [1.29, 1.82) is 0 Å². The predicted molar refractivity (Wildman–Crippen MR) is 108 cm³/mol. The van der Waals surface area contributed by atoms with E-state index in [1.165, 1.54) is 0 Å². The van der Waals surface area contributed by atoms with Crippen LogP contribution < -0.4 is 5.32 Å². The Morgan fingerprint density at radius 1 is 1.18 bits per heavy atom. The second-order valence-corrected chi connectivity index (χ2v) is 7.44. The number of H-pyrrole nitrogens is 1. The minimum absolute atomic E-state index is 0.168. The van der Waals surface area contributed by atoms with Crippen LogP contribution in [0.15, 0.2) is 47.0 Å². The maximum Gasteiger partial charge on any atom is 0.220 e. The minimum atomic E-state index is 0.168. The summed E-state index contributed by atoms with van der Waals surface area (Å²) in [6.07, 6.45) is 7.19. The zero-order valence-electron chi connectivity index (χ0n) is 15.6. The van der Waals surface area contributed by atoms with Crippen LogP contribution in [-0.4, -0.2) is 26.9 Å². The van der Waals surface area contributed by atoms with Gasteiger partial charge in [-0.15, -0.1) is 0 Å². The first-order valence-electron chi connectivity index (χ1n) is 9.88. The molecule has 1 aliphatic heterocycles. The number of carbonyl (C=O) groups excluding carboxylic acids is 1. The normalized spacial score (nSPS) is 17.7. The second-order valence-electron chi connectivity index (χ2n) is 7.44. The van der Waals surface area contributed by atoms with Crippen LogP contribution in [0.2, 0.25) is 0 Å². The topological polar surface area (TPSA) is 83.8 Å². The Balaban J connectivity index is 1.41. The summed E-state index contributed by atoms with van der Waals surface area (Å²) >= 11 is 0. The van der Waals surface area contributed by atoms with Crippen LogP contribution in [-0.2, 0) is 11.2 Å². The first-order chi connectivity index (χ1) is 13.8. The van der Waals surface area contributed by atoms with Gasteiger partial charge in [-0.2, -0.15) is 0 Å². The molecule has 0 saturated carbocycles. The zero-order chi connectivity index (χ0) is 18.9. The van der Waals surface area contributed by atoms with E-state index in [-0.39, 0.29) is 11.9 Å². The number of nitrogens with one attached hydrogen (secondary N) is 2. The number of carbonyl (C=O) groups is 1. The molecular weight excluding hydrogens is 352 g/mol. The Hall–Kier alpha value is -3.15. The highest BCUT2D eigenvalue weighted by molar-refractivity contribution is 5.92. The average Bonchev–Trinajstić information content (AvgIpc) is 3.26. The molecule has 6 heteroatoms. The van der Waals surface area contributed by atoms with Gasteiger partial charge in [0.2, 0.25) is 5.91 Å². The number of aryl methyl sites for hydroxylation is 1. The van der Waals surface area contributed by atoms with E-state index in [1.54, 1.807) is 6.20 Å². The van der Waals surface area contributed by atoms with Crippen LogP contribution in [0.25, 0.3) is 33.5 Å². The molecule has 1 saturated heterocycles.